The first-order valence-electron chi connectivity index (χ1n) is 10.2. The number of anilines is 1. The molecule has 0 spiro atoms. The Hall–Kier alpha value is -3.42. The molecule has 1 amide bonds. The molecule has 8 nitrogen and oxygen atoms in total. The van der Waals surface area contributed by atoms with Crippen molar-refractivity contribution < 1.29 is 14.3 Å². The Bertz CT molecular complexity index is 1090. The standard InChI is InChI=1S/C22H25N5O3/c1-5-26-12-16(11-24-26)27-13-18-20(22(27)28)14(4)8-17(25-18)15-9-19(29-6-2)21(23-10-15)30-7-3/h8-12H,5-7,13H2,1-4H3. The molecule has 156 valence electrons. The monoisotopic (exact) mass is 407 g/mol. The molecule has 0 bridgehead atoms. The zero-order valence-electron chi connectivity index (χ0n) is 17.7. The lowest BCUT2D eigenvalue weighted by molar-refractivity contribution is 0.0996. The second-order valence-corrected chi connectivity index (χ2v) is 6.98. The molecule has 0 aliphatic carbocycles. The highest BCUT2D eigenvalue weighted by Crippen LogP contribution is 2.34. The molecule has 8 heteroatoms. The van der Waals surface area contributed by atoms with Gasteiger partial charge >= 0.3 is 0 Å². The van der Waals surface area contributed by atoms with Crippen molar-refractivity contribution in [2.45, 2.75) is 40.8 Å². The number of fused-ring (bicyclic) bond motifs is 1. The third-order valence-electron chi connectivity index (χ3n) is 5.01. The predicted molar refractivity (Wildman–Crippen MR) is 113 cm³/mol. The first-order valence-corrected chi connectivity index (χ1v) is 10.2. The summed E-state index contributed by atoms with van der Waals surface area (Å²) in [4.78, 5) is 23.9. The molecule has 0 saturated heterocycles. The molecule has 0 radical (unpaired) electrons. The predicted octanol–water partition coefficient (Wildman–Crippen LogP) is 3.63. The topological polar surface area (TPSA) is 82.4 Å². The Morgan fingerprint density at radius 1 is 1.10 bits per heavy atom. The number of hydrogen-bond donors (Lipinski definition) is 0. The van der Waals surface area contributed by atoms with Gasteiger partial charge in [-0.1, -0.05) is 0 Å². The van der Waals surface area contributed by atoms with Crippen LogP contribution in [0.5, 0.6) is 11.6 Å². The SMILES string of the molecule is CCOc1cc(-c2cc(C)c3c(n2)CN(c2cnn(CC)c2)C3=O)cnc1OCC. The van der Waals surface area contributed by atoms with Crippen molar-refractivity contribution in [1.82, 2.24) is 19.7 Å². The Kier molecular flexibility index (Phi) is 5.39. The first kappa shape index (κ1) is 19.9. The third-order valence-corrected chi connectivity index (χ3v) is 5.01. The van der Waals surface area contributed by atoms with Gasteiger partial charge in [0.05, 0.1) is 48.6 Å². The molecule has 0 atom stereocenters. The molecule has 3 aromatic rings. The fourth-order valence-corrected chi connectivity index (χ4v) is 3.60. The van der Waals surface area contributed by atoms with Gasteiger partial charge in [0.1, 0.15) is 0 Å². The Balaban J connectivity index is 1.69. The average Bonchev–Trinajstić information content (AvgIpc) is 3.34. The zero-order valence-corrected chi connectivity index (χ0v) is 17.7. The van der Waals surface area contributed by atoms with Crippen molar-refractivity contribution in [2.75, 3.05) is 18.1 Å². The fourth-order valence-electron chi connectivity index (χ4n) is 3.60. The summed E-state index contributed by atoms with van der Waals surface area (Å²) >= 11 is 0. The van der Waals surface area contributed by atoms with Crippen molar-refractivity contribution in [3.63, 3.8) is 0 Å². The zero-order chi connectivity index (χ0) is 21.3. The lowest BCUT2D eigenvalue weighted by Crippen LogP contribution is -2.22. The van der Waals surface area contributed by atoms with E-state index in [1.807, 2.05) is 46.0 Å². The fraction of sp³-hybridized carbons (Fsp3) is 0.364. The van der Waals surface area contributed by atoms with E-state index in [-0.39, 0.29) is 5.91 Å². The molecule has 1 aliphatic heterocycles. The van der Waals surface area contributed by atoms with E-state index in [4.69, 9.17) is 14.5 Å². The summed E-state index contributed by atoms with van der Waals surface area (Å²) in [5.41, 5.74) is 4.65. The summed E-state index contributed by atoms with van der Waals surface area (Å²) in [6, 6.07) is 3.80. The molecule has 1 aliphatic rings. The van der Waals surface area contributed by atoms with Crippen molar-refractivity contribution in [3.8, 4) is 22.9 Å². The second-order valence-electron chi connectivity index (χ2n) is 6.98. The van der Waals surface area contributed by atoms with Gasteiger partial charge in [0.15, 0.2) is 5.75 Å². The van der Waals surface area contributed by atoms with Gasteiger partial charge in [0.2, 0.25) is 0 Å². The van der Waals surface area contributed by atoms with Gasteiger partial charge in [-0.15, -0.1) is 0 Å². The van der Waals surface area contributed by atoms with Crippen LogP contribution in [0.15, 0.2) is 30.7 Å². The van der Waals surface area contributed by atoms with Crippen LogP contribution in [0.25, 0.3) is 11.3 Å². The van der Waals surface area contributed by atoms with Crippen LogP contribution in [-0.4, -0.2) is 38.9 Å². The highest BCUT2D eigenvalue weighted by Gasteiger charge is 2.32. The van der Waals surface area contributed by atoms with Crippen LogP contribution in [0.2, 0.25) is 0 Å². The number of ether oxygens (including phenoxy) is 2. The van der Waals surface area contributed by atoms with Crippen molar-refractivity contribution in [3.05, 3.63) is 47.5 Å². The maximum atomic E-state index is 13.0. The molecule has 3 aromatic heterocycles. The number of aromatic nitrogens is 4. The molecule has 4 heterocycles. The van der Waals surface area contributed by atoms with E-state index >= 15 is 0 Å². The molecule has 4 rings (SSSR count). The van der Waals surface area contributed by atoms with E-state index in [1.54, 1.807) is 22.0 Å². The van der Waals surface area contributed by atoms with Gasteiger partial charge in [-0.25, -0.2) is 4.98 Å². The van der Waals surface area contributed by atoms with E-state index in [0.717, 1.165) is 34.7 Å². The van der Waals surface area contributed by atoms with Crippen LogP contribution in [0.1, 0.15) is 42.4 Å². The molecule has 0 fully saturated rings. The molecule has 30 heavy (non-hydrogen) atoms. The van der Waals surface area contributed by atoms with Crippen LogP contribution in [0, 0.1) is 6.92 Å². The quantitative estimate of drug-likeness (QED) is 0.595. The van der Waals surface area contributed by atoms with Crippen LogP contribution in [0.4, 0.5) is 5.69 Å². The van der Waals surface area contributed by atoms with Crippen LogP contribution in [-0.2, 0) is 13.1 Å². The largest absolute Gasteiger partial charge is 0.488 e. The van der Waals surface area contributed by atoms with E-state index < -0.39 is 0 Å². The number of amides is 1. The van der Waals surface area contributed by atoms with Gasteiger partial charge < -0.3 is 9.47 Å². The molecule has 0 saturated carbocycles. The summed E-state index contributed by atoms with van der Waals surface area (Å²) in [7, 11) is 0. The number of rotatable bonds is 7. The summed E-state index contributed by atoms with van der Waals surface area (Å²) in [5, 5.41) is 4.28. The van der Waals surface area contributed by atoms with E-state index in [9.17, 15) is 4.79 Å². The average molecular weight is 407 g/mol. The lowest BCUT2D eigenvalue weighted by Gasteiger charge is -2.12. The minimum atomic E-state index is -0.0444. The van der Waals surface area contributed by atoms with Crippen molar-refractivity contribution in [2.24, 2.45) is 0 Å². The maximum absolute atomic E-state index is 13.0. The number of hydrogen-bond acceptors (Lipinski definition) is 6. The highest BCUT2D eigenvalue weighted by atomic mass is 16.5. The Morgan fingerprint density at radius 2 is 1.90 bits per heavy atom. The van der Waals surface area contributed by atoms with Gasteiger partial charge in [-0.2, -0.15) is 5.10 Å². The number of aryl methyl sites for hydroxylation is 2. The van der Waals surface area contributed by atoms with Crippen LogP contribution < -0.4 is 14.4 Å². The molecular weight excluding hydrogens is 382 g/mol. The van der Waals surface area contributed by atoms with Crippen molar-refractivity contribution >= 4 is 11.6 Å². The molecule has 0 aromatic carbocycles. The summed E-state index contributed by atoms with van der Waals surface area (Å²) < 4.78 is 13.0. The Morgan fingerprint density at radius 3 is 2.60 bits per heavy atom. The minimum Gasteiger partial charge on any atom is -0.488 e. The minimum absolute atomic E-state index is 0.0444. The van der Waals surface area contributed by atoms with Crippen LogP contribution in [0.3, 0.4) is 0 Å². The maximum Gasteiger partial charge on any atom is 0.260 e. The summed E-state index contributed by atoms with van der Waals surface area (Å²) in [5.74, 6) is 1.01. The van der Waals surface area contributed by atoms with E-state index in [1.165, 1.54) is 0 Å². The molecule has 0 N–H and O–H groups in total. The number of carbonyl (C=O) groups is 1. The van der Waals surface area contributed by atoms with Gasteiger partial charge in [-0.3, -0.25) is 19.4 Å². The smallest absolute Gasteiger partial charge is 0.260 e. The molecule has 0 unspecified atom stereocenters. The highest BCUT2D eigenvalue weighted by molar-refractivity contribution is 6.10. The van der Waals surface area contributed by atoms with Crippen LogP contribution >= 0.6 is 0 Å². The first-order chi connectivity index (χ1) is 14.5. The lowest BCUT2D eigenvalue weighted by atomic mass is 10.0. The summed E-state index contributed by atoms with van der Waals surface area (Å²) in [6.45, 7) is 9.96. The third kappa shape index (κ3) is 3.49. The van der Waals surface area contributed by atoms with Gasteiger partial charge in [-0.05, 0) is 45.4 Å². The van der Waals surface area contributed by atoms with E-state index in [2.05, 4.69) is 10.1 Å². The van der Waals surface area contributed by atoms with Gasteiger partial charge in [0.25, 0.3) is 11.8 Å². The number of nitrogens with zero attached hydrogens (tertiary/aromatic N) is 5. The van der Waals surface area contributed by atoms with Gasteiger partial charge in [0, 0.05) is 24.5 Å². The van der Waals surface area contributed by atoms with E-state index in [0.29, 0.717) is 37.0 Å². The normalized spacial score (nSPS) is 12.9. The number of pyridine rings is 2. The summed E-state index contributed by atoms with van der Waals surface area (Å²) in [6.07, 6.45) is 5.32. The molecular formula is C22H25N5O3. The second kappa shape index (κ2) is 8.14. The van der Waals surface area contributed by atoms with Crippen molar-refractivity contribution in [1.29, 1.82) is 0 Å². The number of carbonyl (C=O) groups excluding carboxylic acids is 1. The Labute approximate surface area is 175 Å².